The zero-order valence-corrected chi connectivity index (χ0v) is 20.0. The topological polar surface area (TPSA) is 129 Å². The molecule has 0 atom stereocenters. The van der Waals surface area contributed by atoms with Crippen LogP contribution in [0.1, 0.15) is 62.2 Å². The summed E-state index contributed by atoms with van der Waals surface area (Å²) in [5.41, 5.74) is -0.830. The van der Waals surface area contributed by atoms with Crippen LogP contribution < -0.4 is 10.9 Å². The third kappa shape index (κ3) is 5.44. The number of aliphatic hydroxyl groups is 1. The molecule has 1 saturated carbocycles. The van der Waals surface area contributed by atoms with E-state index >= 15 is 0 Å². The van der Waals surface area contributed by atoms with Gasteiger partial charge in [-0.1, -0.05) is 13.8 Å². The molecule has 1 aliphatic rings. The normalized spacial score (nSPS) is 14.4. The quantitative estimate of drug-likeness (QED) is 0.511. The van der Waals surface area contributed by atoms with Crippen molar-refractivity contribution in [3.05, 3.63) is 33.3 Å². The van der Waals surface area contributed by atoms with E-state index in [1.807, 2.05) is 13.8 Å². The largest absolute Gasteiger partial charge is 0.494 e. The molecule has 1 fully saturated rings. The lowest BCUT2D eigenvalue weighted by atomic mass is 10.1. The second kappa shape index (κ2) is 9.01. The number of fused-ring (bicyclic) bond motifs is 1. The van der Waals surface area contributed by atoms with Gasteiger partial charge in [-0.25, -0.2) is 0 Å². The number of carbonyl (C=O) groups excluding carboxylic acids is 2. The van der Waals surface area contributed by atoms with Crippen molar-refractivity contribution >= 4 is 23.5 Å². The van der Waals surface area contributed by atoms with Gasteiger partial charge in [0.25, 0.3) is 11.5 Å². The summed E-state index contributed by atoms with van der Waals surface area (Å²) < 4.78 is 2.61. The van der Waals surface area contributed by atoms with Crippen LogP contribution in [0, 0.1) is 12.8 Å². The number of aryl methyl sites for hydroxylation is 1. The number of nitrogens with zero attached hydrogens (tertiary/aromatic N) is 4. The van der Waals surface area contributed by atoms with E-state index in [4.69, 9.17) is 0 Å². The number of rotatable bonds is 8. The summed E-state index contributed by atoms with van der Waals surface area (Å²) in [5.74, 6) is -1.28. The summed E-state index contributed by atoms with van der Waals surface area (Å²) in [6, 6.07) is 0.0234. The molecule has 2 aromatic rings. The van der Waals surface area contributed by atoms with Crippen molar-refractivity contribution in [1.82, 2.24) is 24.4 Å². The number of aromatic nitrogens is 3. The standard InChI is InChI=1S/C23H33N5O5/c1-13(2)11-27-20-16(9-10-17(29)26(6)12-23(4,5)33)14(3)25-28(20)22(32)18(21(27)31)19(30)24-15-7-8-15/h9-10,13,15,31,33H,7-8,11-12H2,1-6H3,(H,24,30)/b10-9+. The van der Waals surface area contributed by atoms with Gasteiger partial charge in [0.05, 0.1) is 11.3 Å². The van der Waals surface area contributed by atoms with Gasteiger partial charge >= 0.3 is 0 Å². The Kier molecular flexibility index (Phi) is 6.69. The molecule has 180 valence electrons. The van der Waals surface area contributed by atoms with Gasteiger partial charge in [0.1, 0.15) is 5.65 Å². The van der Waals surface area contributed by atoms with Crippen LogP contribution in [0.2, 0.25) is 0 Å². The van der Waals surface area contributed by atoms with E-state index < -0.39 is 22.9 Å². The van der Waals surface area contributed by atoms with Crippen molar-refractivity contribution in [1.29, 1.82) is 0 Å². The van der Waals surface area contributed by atoms with Crippen molar-refractivity contribution in [2.75, 3.05) is 13.6 Å². The van der Waals surface area contributed by atoms with Crippen molar-refractivity contribution in [2.24, 2.45) is 5.92 Å². The van der Waals surface area contributed by atoms with E-state index in [-0.39, 0.29) is 30.0 Å². The molecule has 0 aliphatic heterocycles. The molecule has 3 rings (SSSR count). The van der Waals surface area contributed by atoms with E-state index in [1.165, 1.54) is 15.5 Å². The predicted octanol–water partition coefficient (Wildman–Crippen LogP) is 1.30. The van der Waals surface area contributed by atoms with Crippen LogP contribution >= 0.6 is 0 Å². The van der Waals surface area contributed by atoms with Crippen LogP contribution in [-0.4, -0.2) is 66.3 Å². The highest BCUT2D eigenvalue weighted by atomic mass is 16.3. The number of likely N-dealkylation sites (N-methyl/N-ethyl adjacent to an activating group) is 1. The van der Waals surface area contributed by atoms with Gasteiger partial charge in [-0.2, -0.15) is 9.61 Å². The molecular weight excluding hydrogens is 426 g/mol. The summed E-state index contributed by atoms with van der Waals surface area (Å²) in [5, 5.41) is 28.0. The molecule has 2 amide bonds. The second-order valence-electron chi connectivity index (χ2n) is 9.83. The van der Waals surface area contributed by atoms with Gasteiger partial charge in [-0.05, 0) is 45.6 Å². The Balaban J connectivity index is 2.11. The Morgan fingerprint density at radius 3 is 2.52 bits per heavy atom. The minimum atomic E-state index is -1.04. The minimum absolute atomic E-state index is 0.0234. The zero-order chi connectivity index (χ0) is 24.7. The molecule has 0 unspecified atom stereocenters. The van der Waals surface area contributed by atoms with Crippen molar-refractivity contribution in [3.8, 4) is 5.88 Å². The van der Waals surface area contributed by atoms with E-state index in [9.17, 15) is 24.6 Å². The molecule has 0 radical (unpaired) electrons. The Labute approximate surface area is 192 Å². The molecule has 2 aromatic heterocycles. The predicted molar refractivity (Wildman–Crippen MR) is 124 cm³/mol. The zero-order valence-electron chi connectivity index (χ0n) is 20.0. The maximum atomic E-state index is 13.1. The van der Waals surface area contributed by atoms with E-state index in [0.717, 1.165) is 17.4 Å². The van der Waals surface area contributed by atoms with Gasteiger partial charge in [-0.15, -0.1) is 0 Å². The number of hydrogen-bond donors (Lipinski definition) is 3. The highest BCUT2D eigenvalue weighted by Crippen LogP contribution is 2.26. The van der Waals surface area contributed by atoms with Gasteiger partial charge in [0.15, 0.2) is 5.56 Å². The first-order valence-electron chi connectivity index (χ1n) is 11.1. The lowest BCUT2D eigenvalue weighted by Gasteiger charge is -2.24. The Hall–Kier alpha value is -3.14. The fourth-order valence-electron chi connectivity index (χ4n) is 3.72. The third-order valence-corrected chi connectivity index (χ3v) is 5.30. The first-order valence-corrected chi connectivity index (χ1v) is 11.1. The SMILES string of the molecule is Cc1nn2c(=O)c(C(=O)NC3CC3)c(O)n(CC(C)C)c2c1/C=C/C(=O)N(C)CC(C)(C)O. The number of carbonyl (C=O) groups is 2. The fourth-order valence-corrected chi connectivity index (χ4v) is 3.72. The molecule has 10 nitrogen and oxygen atoms in total. The number of aromatic hydroxyl groups is 1. The first-order chi connectivity index (χ1) is 15.3. The van der Waals surface area contributed by atoms with Crippen LogP contribution in [0.4, 0.5) is 0 Å². The van der Waals surface area contributed by atoms with Crippen LogP contribution in [0.15, 0.2) is 10.9 Å². The van der Waals surface area contributed by atoms with Crippen LogP contribution in [0.3, 0.4) is 0 Å². The first kappa shape index (κ1) is 24.5. The molecule has 10 heteroatoms. The molecule has 33 heavy (non-hydrogen) atoms. The monoisotopic (exact) mass is 459 g/mol. The third-order valence-electron chi connectivity index (χ3n) is 5.30. The van der Waals surface area contributed by atoms with E-state index in [0.29, 0.717) is 23.4 Å². The molecule has 3 N–H and O–H groups in total. The number of hydrogen-bond acceptors (Lipinski definition) is 6. The van der Waals surface area contributed by atoms with Crippen LogP contribution in [0.5, 0.6) is 5.88 Å². The summed E-state index contributed by atoms with van der Waals surface area (Å²) in [7, 11) is 1.58. The van der Waals surface area contributed by atoms with Crippen molar-refractivity contribution < 1.29 is 19.8 Å². The molecule has 0 saturated heterocycles. The van der Waals surface area contributed by atoms with Crippen molar-refractivity contribution in [3.63, 3.8) is 0 Å². The smallest absolute Gasteiger partial charge is 0.291 e. The average molecular weight is 460 g/mol. The maximum Gasteiger partial charge on any atom is 0.291 e. The van der Waals surface area contributed by atoms with Gasteiger partial charge < -0.3 is 20.4 Å². The van der Waals surface area contributed by atoms with E-state index in [1.54, 1.807) is 33.9 Å². The highest BCUT2D eigenvalue weighted by molar-refractivity contribution is 5.97. The highest BCUT2D eigenvalue weighted by Gasteiger charge is 2.30. The Morgan fingerprint density at radius 2 is 1.97 bits per heavy atom. The van der Waals surface area contributed by atoms with Gasteiger partial charge in [-0.3, -0.25) is 19.0 Å². The minimum Gasteiger partial charge on any atom is -0.494 e. The van der Waals surface area contributed by atoms with Gasteiger partial charge in [0.2, 0.25) is 11.8 Å². The summed E-state index contributed by atoms with van der Waals surface area (Å²) in [4.78, 5) is 39.8. The summed E-state index contributed by atoms with van der Waals surface area (Å²) in [6.45, 7) is 9.29. The fraction of sp³-hybridized carbons (Fsp3) is 0.565. The summed E-state index contributed by atoms with van der Waals surface area (Å²) in [6.07, 6.45) is 4.58. The maximum absolute atomic E-state index is 13.1. The lowest BCUT2D eigenvalue weighted by Crippen LogP contribution is -2.38. The summed E-state index contributed by atoms with van der Waals surface area (Å²) >= 11 is 0. The second-order valence-corrected chi connectivity index (χ2v) is 9.83. The molecule has 0 spiro atoms. The van der Waals surface area contributed by atoms with E-state index in [2.05, 4.69) is 10.4 Å². The average Bonchev–Trinajstić information content (AvgIpc) is 3.42. The molecule has 0 aromatic carbocycles. The number of amides is 2. The van der Waals surface area contributed by atoms with Crippen molar-refractivity contribution in [2.45, 2.75) is 65.6 Å². The molecule has 2 heterocycles. The molecular formula is C23H33N5O5. The van der Waals surface area contributed by atoms with Gasteiger partial charge in [0, 0.05) is 37.8 Å². The molecule has 0 bridgehead atoms. The van der Waals surface area contributed by atoms with Crippen LogP contribution in [-0.2, 0) is 11.3 Å². The lowest BCUT2D eigenvalue weighted by molar-refractivity contribution is -0.127. The Bertz CT molecular complexity index is 1160. The van der Waals surface area contributed by atoms with Crippen LogP contribution in [0.25, 0.3) is 11.7 Å². The number of nitrogens with one attached hydrogen (secondary N) is 1. The Morgan fingerprint density at radius 1 is 1.33 bits per heavy atom. The molecule has 1 aliphatic carbocycles.